The van der Waals surface area contributed by atoms with Crippen LogP contribution in [0.2, 0.25) is 0 Å². The summed E-state index contributed by atoms with van der Waals surface area (Å²) in [6, 6.07) is 16.0. The van der Waals surface area contributed by atoms with Crippen molar-refractivity contribution in [1.29, 1.82) is 0 Å². The van der Waals surface area contributed by atoms with E-state index in [-0.39, 0.29) is 6.10 Å². The molecule has 1 N–H and O–H groups in total. The Balaban J connectivity index is 1.25. The van der Waals surface area contributed by atoms with Crippen LogP contribution in [0.1, 0.15) is 43.2 Å². The Morgan fingerprint density at radius 1 is 1.02 bits per heavy atom. The van der Waals surface area contributed by atoms with Crippen LogP contribution in [-0.2, 0) is 20.8 Å². The second-order valence-electron chi connectivity index (χ2n) is 11.3. The number of nitrogens with one attached hydrogen (secondary N) is 1. The molecule has 8 heteroatoms. The Labute approximate surface area is 239 Å². The van der Waals surface area contributed by atoms with Crippen molar-refractivity contribution in [2.75, 3.05) is 78.3 Å². The Kier molecular flexibility index (Phi) is 10.6. The average molecular weight is 554 g/mol. The van der Waals surface area contributed by atoms with Crippen LogP contribution in [0.25, 0.3) is 0 Å². The van der Waals surface area contributed by atoms with E-state index < -0.39 is 0 Å². The lowest BCUT2D eigenvalue weighted by Crippen LogP contribution is -2.50. The van der Waals surface area contributed by atoms with Crippen molar-refractivity contribution in [3.63, 3.8) is 0 Å². The number of hydrogen-bond acceptors (Lipinski definition) is 8. The van der Waals surface area contributed by atoms with Crippen LogP contribution in [0.3, 0.4) is 0 Å². The maximum Gasteiger partial charge on any atom is 0.142 e. The van der Waals surface area contributed by atoms with Gasteiger partial charge in [-0.05, 0) is 61.6 Å². The van der Waals surface area contributed by atoms with Crippen molar-refractivity contribution in [3.8, 4) is 11.5 Å². The summed E-state index contributed by atoms with van der Waals surface area (Å²) in [4.78, 5) is 4.97. The lowest BCUT2D eigenvalue weighted by atomic mass is 9.82. The predicted molar refractivity (Wildman–Crippen MR) is 158 cm³/mol. The third-order valence-electron chi connectivity index (χ3n) is 8.66. The van der Waals surface area contributed by atoms with Gasteiger partial charge in [0.1, 0.15) is 18.1 Å². The number of nitrogens with zero attached hydrogens (tertiary/aromatic N) is 2. The van der Waals surface area contributed by atoms with Gasteiger partial charge in [0.25, 0.3) is 0 Å². The highest BCUT2D eigenvalue weighted by Crippen LogP contribution is 2.35. The zero-order chi connectivity index (χ0) is 27.7. The Morgan fingerprint density at radius 3 is 2.62 bits per heavy atom. The third-order valence-corrected chi connectivity index (χ3v) is 8.66. The van der Waals surface area contributed by atoms with Gasteiger partial charge in [0.15, 0.2) is 0 Å². The van der Waals surface area contributed by atoms with Crippen molar-refractivity contribution in [2.24, 2.45) is 0 Å². The van der Waals surface area contributed by atoms with E-state index in [0.717, 1.165) is 95.6 Å². The second kappa shape index (κ2) is 14.5. The van der Waals surface area contributed by atoms with Gasteiger partial charge in [-0.15, -0.1) is 0 Å². The molecule has 5 rings (SSSR count). The average Bonchev–Trinajstić information content (AvgIpc) is 3.01. The maximum atomic E-state index is 6.69. The van der Waals surface area contributed by atoms with E-state index in [1.807, 2.05) is 0 Å². The normalized spacial score (nSPS) is 24.3. The van der Waals surface area contributed by atoms with Crippen molar-refractivity contribution in [3.05, 3.63) is 53.6 Å². The highest BCUT2D eigenvalue weighted by Gasteiger charge is 2.34. The molecule has 0 amide bonds. The number of morpholine rings is 1. The standard InChI is InChI=1S/C32H47N3O5/c1-24(34-12-16-38-17-13-34)19-27-21-29(26-6-8-28(37-3)9-7-26)32(22-33-27)40-23-25-5-10-31-30(20-25)35(14-18-39-31)11-4-15-36-2/h5-10,20,24,27,29,32-33H,4,11-19,21-23H2,1-3H3/t24?,27-,29+,32-/m0/s1. The summed E-state index contributed by atoms with van der Waals surface area (Å²) >= 11 is 0. The molecule has 2 saturated heterocycles. The first-order valence-corrected chi connectivity index (χ1v) is 14.9. The summed E-state index contributed by atoms with van der Waals surface area (Å²) in [5.41, 5.74) is 3.66. The zero-order valence-electron chi connectivity index (χ0n) is 24.5. The van der Waals surface area contributed by atoms with Gasteiger partial charge in [0, 0.05) is 57.9 Å². The van der Waals surface area contributed by atoms with Gasteiger partial charge in [-0.3, -0.25) is 4.90 Å². The fraction of sp³-hybridized carbons (Fsp3) is 0.625. The molecule has 1 unspecified atom stereocenters. The molecule has 2 aromatic carbocycles. The maximum absolute atomic E-state index is 6.69. The van der Waals surface area contributed by atoms with Gasteiger partial charge in [-0.25, -0.2) is 0 Å². The topological polar surface area (TPSA) is 64.7 Å². The minimum atomic E-state index is 0.0911. The van der Waals surface area contributed by atoms with E-state index >= 15 is 0 Å². The number of hydrogen-bond donors (Lipinski definition) is 1. The number of fused-ring (bicyclic) bond motifs is 1. The highest BCUT2D eigenvalue weighted by atomic mass is 16.5. The molecule has 3 aliphatic rings. The molecule has 0 aliphatic carbocycles. The third kappa shape index (κ3) is 7.47. The molecular formula is C32H47N3O5. The van der Waals surface area contributed by atoms with Crippen LogP contribution >= 0.6 is 0 Å². The molecule has 0 spiro atoms. The van der Waals surface area contributed by atoms with Gasteiger partial charge in [-0.2, -0.15) is 0 Å². The molecule has 3 aliphatic heterocycles. The van der Waals surface area contributed by atoms with E-state index in [9.17, 15) is 0 Å². The molecule has 2 aromatic rings. The molecule has 40 heavy (non-hydrogen) atoms. The molecule has 220 valence electrons. The van der Waals surface area contributed by atoms with Crippen molar-refractivity contribution in [1.82, 2.24) is 10.2 Å². The van der Waals surface area contributed by atoms with E-state index in [1.54, 1.807) is 14.2 Å². The van der Waals surface area contributed by atoms with E-state index in [4.69, 9.17) is 23.7 Å². The first-order valence-electron chi connectivity index (χ1n) is 14.9. The summed E-state index contributed by atoms with van der Waals surface area (Å²) in [7, 11) is 3.48. The number of anilines is 1. The van der Waals surface area contributed by atoms with Crippen molar-refractivity contribution >= 4 is 5.69 Å². The Hall–Kier alpha value is -2.36. The van der Waals surface area contributed by atoms with Gasteiger partial charge in [-0.1, -0.05) is 18.2 Å². The van der Waals surface area contributed by atoms with Crippen molar-refractivity contribution < 1.29 is 23.7 Å². The van der Waals surface area contributed by atoms with Crippen molar-refractivity contribution in [2.45, 2.75) is 56.9 Å². The first-order chi connectivity index (χ1) is 19.6. The van der Waals surface area contributed by atoms with Crippen LogP contribution in [0.5, 0.6) is 11.5 Å². The van der Waals surface area contributed by atoms with Crippen LogP contribution in [0.15, 0.2) is 42.5 Å². The molecule has 3 heterocycles. The molecule has 2 fully saturated rings. The van der Waals surface area contributed by atoms with Gasteiger partial charge in [0.2, 0.25) is 0 Å². The molecule has 0 aromatic heterocycles. The molecule has 8 nitrogen and oxygen atoms in total. The minimum Gasteiger partial charge on any atom is -0.497 e. The second-order valence-corrected chi connectivity index (χ2v) is 11.3. The molecule has 0 saturated carbocycles. The number of rotatable bonds is 12. The molecule has 0 bridgehead atoms. The van der Waals surface area contributed by atoms with E-state index in [1.165, 1.54) is 11.1 Å². The first kappa shape index (κ1) is 29.1. The zero-order valence-corrected chi connectivity index (χ0v) is 24.5. The Bertz CT molecular complexity index is 1050. The van der Waals surface area contributed by atoms with E-state index in [2.05, 4.69) is 64.5 Å². The summed E-state index contributed by atoms with van der Waals surface area (Å²) in [5, 5.41) is 3.84. The van der Waals surface area contributed by atoms with Gasteiger partial charge < -0.3 is 33.9 Å². The predicted octanol–water partition coefficient (Wildman–Crippen LogP) is 4.07. The Morgan fingerprint density at radius 2 is 1.85 bits per heavy atom. The molecule has 4 atom stereocenters. The monoisotopic (exact) mass is 553 g/mol. The van der Waals surface area contributed by atoms with Crippen LogP contribution in [-0.4, -0.2) is 96.5 Å². The fourth-order valence-corrected chi connectivity index (χ4v) is 6.35. The minimum absolute atomic E-state index is 0.0911. The number of methoxy groups -OCH3 is 2. The summed E-state index contributed by atoms with van der Waals surface area (Å²) in [6.45, 7) is 10.9. The molecular weight excluding hydrogens is 506 g/mol. The summed E-state index contributed by atoms with van der Waals surface area (Å²) in [6.07, 6.45) is 3.27. The number of piperidine rings is 1. The largest absolute Gasteiger partial charge is 0.497 e. The summed E-state index contributed by atoms with van der Waals surface area (Å²) < 4.78 is 28.9. The molecule has 0 radical (unpaired) electrons. The lowest BCUT2D eigenvalue weighted by molar-refractivity contribution is -0.00590. The van der Waals surface area contributed by atoms with Crippen LogP contribution in [0, 0.1) is 0 Å². The van der Waals surface area contributed by atoms with Gasteiger partial charge >= 0.3 is 0 Å². The smallest absolute Gasteiger partial charge is 0.142 e. The van der Waals surface area contributed by atoms with Gasteiger partial charge in [0.05, 0.1) is 45.3 Å². The highest BCUT2D eigenvalue weighted by molar-refractivity contribution is 5.61. The van der Waals surface area contributed by atoms with Crippen LogP contribution < -0.4 is 19.7 Å². The number of benzene rings is 2. The summed E-state index contributed by atoms with van der Waals surface area (Å²) in [5.74, 6) is 2.17. The quantitative estimate of drug-likeness (QED) is 0.395. The fourth-order valence-electron chi connectivity index (χ4n) is 6.35. The SMILES string of the molecule is COCCCN1CCOc2ccc(CO[C@H]3CN[C@@H](CC(C)N4CCOCC4)C[C@@H]3c3ccc(OC)cc3)cc21. The van der Waals surface area contributed by atoms with Crippen LogP contribution in [0.4, 0.5) is 5.69 Å². The number of ether oxygens (including phenoxy) is 5. The van der Waals surface area contributed by atoms with E-state index in [0.29, 0.717) is 24.6 Å². The lowest BCUT2D eigenvalue weighted by Gasteiger charge is -2.40.